The first kappa shape index (κ1) is 26.4. The lowest BCUT2D eigenvalue weighted by Crippen LogP contribution is -2.33. The van der Waals surface area contributed by atoms with E-state index in [4.69, 9.17) is 19.9 Å². The van der Waals surface area contributed by atoms with Crippen LogP contribution in [0.25, 0.3) is 11.4 Å². The van der Waals surface area contributed by atoms with E-state index in [1.54, 1.807) is 20.8 Å². The largest absolute Gasteiger partial charge is 0.490 e. The normalized spacial score (nSPS) is 11.6. The van der Waals surface area contributed by atoms with Crippen molar-refractivity contribution in [1.82, 2.24) is 20.3 Å². The number of nitrogens with one attached hydrogen (secondary N) is 1. The van der Waals surface area contributed by atoms with Crippen LogP contribution in [-0.2, 0) is 4.74 Å². The van der Waals surface area contributed by atoms with E-state index in [9.17, 15) is 27.9 Å². The highest BCUT2D eigenvalue weighted by molar-refractivity contribution is 5.98. The van der Waals surface area contributed by atoms with Crippen molar-refractivity contribution >= 4 is 17.7 Å². The zero-order valence-corrected chi connectivity index (χ0v) is 18.6. The van der Waals surface area contributed by atoms with E-state index in [0.29, 0.717) is 0 Å². The molecule has 0 unspecified atom stereocenters. The molecule has 34 heavy (non-hydrogen) atoms. The lowest BCUT2D eigenvalue weighted by molar-refractivity contribution is -0.153. The number of benzene rings is 1. The van der Waals surface area contributed by atoms with Gasteiger partial charge in [0.2, 0.25) is 0 Å². The smallest absolute Gasteiger partial charge is 0.422 e. The second-order valence-corrected chi connectivity index (χ2v) is 7.84. The summed E-state index contributed by atoms with van der Waals surface area (Å²) in [6, 6.07) is 0.859. The number of nitrogen functional groups attached to an aromatic ring is 1. The molecule has 0 bridgehead atoms. The number of anilines is 1. The maximum atomic E-state index is 12.7. The first-order valence-corrected chi connectivity index (χ1v) is 9.90. The predicted octanol–water partition coefficient (Wildman–Crippen LogP) is 3.05. The van der Waals surface area contributed by atoms with Crippen LogP contribution in [-0.4, -0.2) is 63.7 Å². The highest BCUT2D eigenvalue weighted by atomic mass is 19.4. The number of aromatic carboxylic acids is 1. The van der Waals surface area contributed by atoms with Crippen molar-refractivity contribution in [3.05, 3.63) is 24.3 Å². The van der Waals surface area contributed by atoms with Gasteiger partial charge in [0.15, 0.2) is 18.2 Å². The number of alkyl halides is 3. The number of carboxylic acid groups (broad SMARTS) is 1. The number of nitrogens with two attached hydrogens (primary N) is 1. The Hall–Kier alpha value is -3.84. The maximum Gasteiger partial charge on any atom is 0.422 e. The van der Waals surface area contributed by atoms with Crippen LogP contribution in [0.5, 0.6) is 11.5 Å². The summed E-state index contributed by atoms with van der Waals surface area (Å²) in [6.45, 7) is 3.48. The van der Waals surface area contributed by atoms with Crippen molar-refractivity contribution in [2.45, 2.75) is 39.0 Å². The average Bonchev–Trinajstić information content (AvgIpc) is 2.71. The number of ether oxygens (including phenoxy) is 3. The molecule has 0 saturated carbocycles. The van der Waals surface area contributed by atoms with Crippen molar-refractivity contribution in [2.24, 2.45) is 0 Å². The Morgan fingerprint density at radius 1 is 1.15 bits per heavy atom. The van der Waals surface area contributed by atoms with E-state index < -0.39 is 41.8 Å². The molecule has 14 heteroatoms. The van der Waals surface area contributed by atoms with Crippen LogP contribution in [0.4, 0.5) is 23.7 Å². The molecule has 0 radical (unpaired) electrons. The summed E-state index contributed by atoms with van der Waals surface area (Å²) in [5.41, 5.74) is 4.38. The third kappa shape index (κ3) is 7.94. The van der Waals surface area contributed by atoms with Crippen LogP contribution in [0, 0.1) is 0 Å². The lowest BCUT2D eigenvalue weighted by atomic mass is 10.0. The second kappa shape index (κ2) is 10.9. The number of hydrogen-bond acceptors (Lipinski definition) is 9. The van der Waals surface area contributed by atoms with E-state index in [-0.39, 0.29) is 42.4 Å². The Morgan fingerprint density at radius 2 is 1.79 bits per heavy atom. The molecule has 0 spiro atoms. The lowest BCUT2D eigenvalue weighted by Gasteiger charge is -2.20. The Labute approximate surface area is 192 Å². The van der Waals surface area contributed by atoms with Gasteiger partial charge in [-0.2, -0.15) is 13.2 Å². The van der Waals surface area contributed by atoms with E-state index in [0.717, 1.165) is 18.7 Å². The summed E-state index contributed by atoms with van der Waals surface area (Å²) < 4.78 is 53.6. The van der Waals surface area contributed by atoms with Gasteiger partial charge < -0.3 is 30.4 Å². The zero-order chi connectivity index (χ0) is 25.5. The molecule has 4 N–H and O–H groups in total. The summed E-state index contributed by atoms with van der Waals surface area (Å²) in [5.74, 6) is -2.44. The van der Waals surface area contributed by atoms with Crippen LogP contribution in [0.15, 0.2) is 18.7 Å². The van der Waals surface area contributed by atoms with E-state index in [1.165, 1.54) is 0 Å². The fourth-order valence-electron chi connectivity index (χ4n) is 2.60. The number of carboxylic acids is 1. The molecule has 0 atom stereocenters. The van der Waals surface area contributed by atoms with Crippen LogP contribution < -0.4 is 20.5 Å². The highest BCUT2D eigenvalue weighted by Gasteiger charge is 2.31. The van der Waals surface area contributed by atoms with E-state index in [2.05, 4.69) is 20.3 Å². The Morgan fingerprint density at radius 3 is 2.35 bits per heavy atom. The van der Waals surface area contributed by atoms with Gasteiger partial charge in [-0.15, -0.1) is 0 Å². The number of hydrogen-bond donors (Lipinski definition) is 3. The number of aromatic nitrogens is 3. The van der Waals surface area contributed by atoms with Crippen molar-refractivity contribution in [3.63, 3.8) is 0 Å². The van der Waals surface area contributed by atoms with E-state index in [1.807, 2.05) is 0 Å². The number of halogens is 3. The quantitative estimate of drug-likeness (QED) is 0.354. The summed E-state index contributed by atoms with van der Waals surface area (Å²) in [6.07, 6.45) is -2.91. The van der Waals surface area contributed by atoms with Crippen LogP contribution >= 0.6 is 0 Å². The Balaban J connectivity index is 2.27. The Kier molecular flexibility index (Phi) is 8.43. The standard InChI is InChI=1S/C20H24F3N5O6/c1-19(2,3)34-18(31)26-5-4-6-32-15-11(17(29)30)7-12(33-8-20(21,22)23)13(14(15)24)16-27-9-25-10-28-16/h7,9-10H,4-6,8,24H2,1-3H3,(H,26,31)(H,29,30). The van der Waals surface area contributed by atoms with Crippen molar-refractivity contribution < 1.29 is 42.1 Å². The first-order chi connectivity index (χ1) is 15.8. The van der Waals surface area contributed by atoms with Crippen molar-refractivity contribution in [1.29, 1.82) is 0 Å². The number of nitrogens with zero attached hydrogens (tertiary/aromatic N) is 3. The molecule has 186 valence electrons. The molecule has 1 heterocycles. The molecule has 2 rings (SSSR count). The SMILES string of the molecule is CC(C)(C)OC(=O)NCCCOc1c(C(=O)O)cc(OCC(F)(F)F)c(-c2ncncn2)c1N. The van der Waals surface area contributed by atoms with Gasteiger partial charge in [-0.1, -0.05) is 0 Å². The molecule has 2 aromatic rings. The summed E-state index contributed by atoms with van der Waals surface area (Å²) in [7, 11) is 0. The van der Waals surface area contributed by atoms with Gasteiger partial charge in [0.1, 0.15) is 29.6 Å². The van der Waals surface area contributed by atoms with Crippen LogP contribution in [0.1, 0.15) is 37.6 Å². The van der Waals surface area contributed by atoms with Gasteiger partial charge in [0.05, 0.1) is 17.9 Å². The average molecular weight is 487 g/mol. The fourth-order valence-corrected chi connectivity index (χ4v) is 2.60. The van der Waals surface area contributed by atoms with Gasteiger partial charge in [-0.25, -0.2) is 24.5 Å². The predicted molar refractivity (Wildman–Crippen MR) is 113 cm³/mol. The summed E-state index contributed by atoms with van der Waals surface area (Å²) in [5, 5.41) is 12.1. The third-order valence-electron chi connectivity index (χ3n) is 3.85. The van der Waals surface area contributed by atoms with Crippen LogP contribution in [0.2, 0.25) is 0 Å². The monoisotopic (exact) mass is 487 g/mol. The molecule has 0 aliphatic heterocycles. The maximum absolute atomic E-state index is 12.7. The Bertz CT molecular complexity index is 1010. The molecule has 1 amide bonds. The van der Waals surface area contributed by atoms with Gasteiger partial charge in [-0.05, 0) is 33.3 Å². The molecule has 11 nitrogen and oxygen atoms in total. The molecular weight excluding hydrogens is 463 g/mol. The van der Waals surface area contributed by atoms with Crippen molar-refractivity contribution in [3.8, 4) is 22.9 Å². The van der Waals surface area contributed by atoms with Gasteiger partial charge >= 0.3 is 18.2 Å². The zero-order valence-electron chi connectivity index (χ0n) is 18.6. The number of rotatable bonds is 9. The first-order valence-electron chi connectivity index (χ1n) is 9.90. The highest BCUT2D eigenvalue weighted by Crippen LogP contribution is 2.42. The molecule has 0 fully saturated rings. The summed E-state index contributed by atoms with van der Waals surface area (Å²) in [4.78, 5) is 34.8. The molecule has 0 aliphatic rings. The number of carbonyl (C=O) groups is 2. The molecule has 0 aliphatic carbocycles. The number of carbonyl (C=O) groups excluding carboxylic acids is 1. The van der Waals surface area contributed by atoms with Crippen molar-refractivity contribution in [2.75, 3.05) is 25.5 Å². The molecule has 0 saturated heterocycles. The second-order valence-electron chi connectivity index (χ2n) is 7.84. The van der Waals surface area contributed by atoms with E-state index >= 15 is 0 Å². The van der Waals surface area contributed by atoms with Gasteiger partial charge in [0.25, 0.3) is 0 Å². The minimum Gasteiger partial charge on any atom is -0.490 e. The molecule has 1 aromatic carbocycles. The third-order valence-corrected chi connectivity index (χ3v) is 3.85. The minimum absolute atomic E-state index is 0.0837. The number of amides is 1. The molecule has 1 aromatic heterocycles. The van der Waals surface area contributed by atoms with Gasteiger partial charge in [-0.3, -0.25) is 0 Å². The fraction of sp³-hybridized carbons (Fsp3) is 0.450. The molecular formula is C20H24F3N5O6. The summed E-state index contributed by atoms with van der Waals surface area (Å²) >= 11 is 0. The minimum atomic E-state index is -4.69. The van der Waals surface area contributed by atoms with Crippen LogP contribution in [0.3, 0.4) is 0 Å². The topological polar surface area (TPSA) is 159 Å². The number of alkyl carbamates (subject to hydrolysis) is 1. The van der Waals surface area contributed by atoms with Gasteiger partial charge in [0, 0.05) is 6.54 Å².